The van der Waals surface area contributed by atoms with Crippen LogP contribution >= 0.6 is 0 Å². The SMILES string of the molecule is COc1c(NN)ncnc1NCCCCCCO. The number of nitrogens with two attached hydrogens (primary N) is 1. The van der Waals surface area contributed by atoms with Crippen LogP contribution in [0.5, 0.6) is 5.75 Å². The fourth-order valence-electron chi connectivity index (χ4n) is 1.59. The first-order chi connectivity index (χ1) is 8.83. The maximum atomic E-state index is 8.66. The standard InChI is InChI=1S/C11H21N5O2/c1-18-9-10(14-8-15-11(9)16-12)13-6-4-2-3-5-7-17/h8,17H,2-7,12H2,1H3,(H2,13,14,15,16). The predicted octanol–water partition coefficient (Wildman–Crippen LogP) is 0.735. The molecule has 0 bridgehead atoms. The monoisotopic (exact) mass is 255 g/mol. The quantitative estimate of drug-likeness (QED) is 0.293. The third-order valence-electron chi connectivity index (χ3n) is 2.52. The minimum atomic E-state index is 0.263. The van der Waals surface area contributed by atoms with E-state index in [1.807, 2.05) is 0 Å². The van der Waals surface area contributed by atoms with Crippen molar-refractivity contribution in [3.8, 4) is 5.75 Å². The number of aromatic nitrogens is 2. The van der Waals surface area contributed by atoms with Crippen molar-refractivity contribution in [3.63, 3.8) is 0 Å². The summed E-state index contributed by atoms with van der Waals surface area (Å²) in [5.41, 5.74) is 2.46. The van der Waals surface area contributed by atoms with Crippen LogP contribution in [0.15, 0.2) is 6.33 Å². The molecule has 7 heteroatoms. The number of nitrogens with zero attached hydrogens (tertiary/aromatic N) is 2. The minimum absolute atomic E-state index is 0.263. The van der Waals surface area contributed by atoms with Gasteiger partial charge in [0.25, 0.3) is 0 Å². The zero-order valence-electron chi connectivity index (χ0n) is 10.6. The van der Waals surface area contributed by atoms with Gasteiger partial charge in [-0.15, -0.1) is 0 Å². The second-order valence-electron chi connectivity index (χ2n) is 3.81. The van der Waals surface area contributed by atoms with Gasteiger partial charge in [0.15, 0.2) is 11.6 Å². The summed E-state index contributed by atoms with van der Waals surface area (Å²) in [7, 11) is 1.55. The molecule has 0 amide bonds. The van der Waals surface area contributed by atoms with Gasteiger partial charge in [0.2, 0.25) is 5.75 Å². The molecule has 0 aliphatic rings. The van der Waals surface area contributed by atoms with Gasteiger partial charge in [-0.1, -0.05) is 12.8 Å². The summed E-state index contributed by atoms with van der Waals surface area (Å²) in [5, 5.41) is 11.8. The number of rotatable bonds is 9. The molecule has 1 aromatic heterocycles. The highest BCUT2D eigenvalue weighted by Gasteiger charge is 2.10. The number of anilines is 2. The summed E-state index contributed by atoms with van der Waals surface area (Å²) in [6, 6.07) is 0. The Kier molecular flexibility index (Phi) is 6.82. The van der Waals surface area contributed by atoms with Crippen molar-refractivity contribution in [1.82, 2.24) is 9.97 Å². The van der Waals surface area contributed by atoms with Crippen LogP contribution < -0.4 is 21.3 Å². The number of hydrazine groups is 1. The van der Waals surface area contributed by atoms with Gasteiger partial charge in [-0.25, -0.2) is 15.8 Å². The summed E-state index contributed by atoms with van der Waals surface area (Å²) in [6.07, 6.45) is 5.40. The topological polar surface area (TPSA) is 105 Å². The van der Waals surface area contributed by atoms with Gasteiger partial charge < -0.3 is 20.6 Å². The van der Waals surface area contributed by atoms with Crippen molar-refractivity contribution >= 4 is 11.6 Å². The molecule has 0 spiro atoms. The molecule has 0 saturated heterocycles. The van der Waals surface area contributed by atoms with E-state index in [1.54, 1.807) is 7.11 Å². The number of hydrogen-bond donors (Lipinski definition) is 4. The second-order valence-corrected chi connectivity index (χ2v) is 3.81. The first-order valence-electron chi connectivity index (χ1n) is 6.03. The van der Waals surface area contributed by atoms with Crippen LogP contribution in [0.25, 0.3) is 0 Å². The Hall–Kier alpha value is -1.60. The van der Waals surface area contributed by atoms with Gasteiger partial charge >= 0.3 is 0 Å². The first-order valence-corrected chi connectivity index (χ1v) is 6.03. The van der Waals surface area contributed by atoms with E-state index < -0.39 is 0 Å². The summed E-state index contributed by atoms with van der Waals surface area (Å²) in [4.78, 5) is 8.07. The molecule has 7 nitrogen and oxygen atoms in total. The van der Waals surface area contributed by atoms with E-state index in [4.69, 9.17) is 15.7 Å². The Morgan fingerprint density at radius 3 is 2.61 bits per heavy atom. The fourth-order valence-corrected chi connectivity index (χ4v) is 1.59. The van der Waals surface area contributed by atoms with E-state index in [-0.39, 0.29) is 6.61 Å². The highest BCUT2D eigenvalue weighted by Crippen LogP contribution is 2.27. The lowest BCUT2D eigenvalue weighted by molar-refractivity contribution is 0.283. The van der Waals surface area contributed by atoms with Crippen molar-refractivity contribution in [1.29, 1.82) is 0 Å². The van der Waals surface area contributed by atoms with Crippen molar-refractivity contribution in [3.05, 3.63) is 6.33 Å². The summed E-state index contributed by atoms with van der Waals surface area (Å²) in [5.74, 6) is 6.92. The number of nitrogens with one attached hydrogen (secondary N) is 2. The lowest BCUT2D eigenvalue weighted by Crippen LogP contribution is -2.13. The molecule has 0 saturated carbocycles. The number of aliphatic hydroxyl groups is 1. The zero-order valence-corrected chi connectivity index (χ0v) is 10.6. The Morgan fingerprint density at radius 1 is 1.22 bits per heavy atom. The third-order valence-corrected chi connectivity index (χ3v) is 2.52. The van der Waals surface area contributed by atoms with Crippen molar-refractivity contribution in [2.45, 2.75) is 25.7 Å². The maximum absolute atomic E-state index is 8.66. The first kappa shape index (κ1) is 14.5. The maximum Gasteiger partial charge on any atom is 0.205 e. The molecule has 0 aromatic carbocycles. The van der Waals surface area contributed by atoms with Crippen molar-refractivity contribution < 1.29 is 9.84 Å². The van der Waals surface area contributed by atoms with Crippen LogP contribution in [0, 0.1) is 0 Å². The minimum Gasteiger partial charge on any atom is -0.490 e. The molecule has 0 aliphatic heterocycles. The van der Waals surface area contributed by atoms with E-state index in [1.165, 1.54) is 6.33 Å². The van der Waals surface area contributed by atoms with Crippen LogP contribution in [0.2, 0.25) is 0 Å². The van der Waals surface area contributed by atoms with Gasteiger partial charge in [-0.2, -0.15) is 0 Å². The zero-order chi connectivity index (χ0) is 13.2. The highest BCUT2D eigenvalue weighted by atomic mass is 16.5. The van der Waals surface area contributed by atoms with E-state index in [2.05, 4.69) is 20.7 Å². The molecule has 5 N–H and O–H groups in total. The average Bonchev–Trinajstić information content (AvgIpc) is 2.42. The summed E-state index contributed by atoms with van der Waals surface area (Å²) in [6.45, 7) is 1.06. The van der Waals surface area contributed by atoms with E-state index in [9.17, 15) is 0 Å². The molecule has 1 heterocycles. The lowest BCUT2D eigenvalue weighted by atomic mass is 10.2. The molecule has 1 rings (SSSR count). The van der Waals surface area contributed by atoms with Crippen LogP contribution in [-0.4, -0.2) is 35.3 Å². The molecule has 0 fully saturated rings. The predicted molar refractivity (Wildman–Crippen MR) is 70.4 cm³/mol. The number of nitrogen functional groups attached to an aromatic ring is 1. The molecule has 18 heavy (non-hydrogen) atoms. The van der Waals surface area contributed by atoms with E-state index in [0.29, 0.717) is 17.4 Å². The number of methoxy groups -OCH3 is 1. The molecular weight excluding hydrogens is 234 g/mol. The second kappa shape index (κ2) is 8.48. The Bertz CT molecular complexity index is 348. The Labute approximate surface area is 107 Å². The number of ether oxygens (including phenoxy) is 1. The van der Waals surface area contributed by atoms with E-state index >= 15 is 0 Å². The average molecular weight is 255 g/mol. The highest BCUT2D eigenvalue weighted by molar-refractivity contribution is 5.62. The van der Waals surface area contributed by atoms with Gasteiger partial charge in [0, 0.05) is 13.2 Å². The third kappa shape index (κ3) is 4.34. The summed E-state index contributed by atoms with van der Waals surface area (Å²) < 4.78 is 5.20. The molecule has 0 radical (unpaired) electrons. The molecule has 1 aromatic rings. The van der Waals surface area contributed by atoms with Crippen molar-refractivity contribution in [2.24, 2.45) is 5.84 Å². The normalized spacial score (nSPS) is 10.2. The molecule has 0 atom stereocenters. The number of aliphatic hydroxyl groups excluding tert-OH is 1. The van der Waals surface area contributed by atoms with Gasteiger partial charge in [-0.05, 0) is 12.8 Å². The lowest BCUT2D eigenvalue weighted by Gasteiger charge is -2.12. The van der Waals surface area contributed by atoms with Gasteiger partial charge in [-0.3, -0.25) is 0 Å². The van der Waals surface area contributed by atoms with Crippen LogP contribution in [0.1, 0.15) is 25.7 Å². The summed E-state index contributed by atoms with van der Waals surface area (Å²) >= 11 is 0. The van der Waals surface area contributed by atoms with Gasteiger partial charge in [0.05, 0.1) is 7.11 Å². The number of unbranched alkanes of at least 4 members (excludes halogenated alkanes) is 3. The smallest absolute Gasteiger partial charge is 0.205 e. The molecule has 0 aliphatic carbocycles. The largest absolute Gasteiger partial charge is 0.490 e. The van der Waals surface area contributed by atoms with Gasteiger partial charge in [0.1, 0.15) is 6.33 Å². The Morgan fingerprint density at radius 2 is 1.94 bits per heavy atom. The molecular formula is C11H21N5O2. The Balaban J connectivity index is 2.41. The van der Waals surface area contributed by atoms with Crippen LogP contribution in [0.4, 0.5) is 11.6 Å². The molecule has 102 valence electrons. The fraction of sp³-hybridized carbons (Fsp3) is 0.636. The van der Waals surface area contributed by atoms with Crippen LogP contribution in [-0.2, 0) is 0 Å². The van der Waals surface area contributed by atoms with E-state index in [0.717, 1.165) is 32.2 Å². The molecule has 0 unspecified atom stereocenters. The van der Waals surface area contributed by atoms with Crippen LogP contribution in [0.3, 0.4) is 0 Å². The van der Waals surface area contributed by atoms with Crippen molar-refractivity contribution in [2.75, 3.05) is 31.0 Å². The number of hydrogen-bond acceptors (Lipinski definition) is 7.